The van der Waals surface area contributed by atoms with Crippen LogP contribution < -0.4 is 0 Å². The molecule has 0 aromatic carbocycles. The summed E-state index contributed by atoms with van der Waals surface area (Å²) in [6.45, 7) is 0. The number of hydrogen-bond donors (Lipinski definition) is 0. The van der Waals surface area contributed by atoms with Crippen molar-refractivity contribution in [1.82, 2.24) is 0 Å². The monoisotopic (exact) mass is 222 g/mol. The van der Waals surface area contributed by atoms with Crippen LogP contribution in [0.5, 0.6) is 0 Å². The molecule has 6 heavy (non-hydrogen) atoms. The van der Waals surface area contributed by atoms with Gasteiger partial charge in [0.2, 0.25) is 0 Å². The van der Waals surface area contributed by atoms with Gasteiger partial charge in [-0.05, 0) is 0 Å². The van der Waals surface area contributed by atoms with Gasteiger partial charge in [-0.1, -0.05) is 0 Å². The fourth-order valence-electron chi connectivity index (χ4n) is 0. The molecule has 0 amide bonds. The van der Waals surface area contributed by atoms with Gasteiger partial charge >= 0.3 is 54.0 Å². The van der Waals surface area contributed by atoms with Crippen LogP contribution >= 0.6 is 18.6 Å². The van der Waals surface area contributed by atoms with E-state index in [1.807, 2.05) is 0 Å². The number of hydrogen-bond acceptors (Lipinski definition) is 0. The standard InChI is InChI=1S/C2H6Ge.2ClH.Ti/c1-3-2;;;/h1-2H3;2*1H;/q;;;+2/p-2. The molecule has 0 bridgehead atoms. The molecule has 0 fully saturated rings. The molecule has 0 aromatic heterocycles. The van der Waals surface area contributed by atoms with Crippen molar-refractivity contribution in [1.29, 1.82) is 0 Å². The summed E-state index contributed by atoms with van der Waals surface area (Å²) >= 11 is -1.35. The molecule has 0 aromatic rings. The zero-order valence-corrected chi connectivity index (χ0v) is 8.93. The molecule has 36 valence electrons. The Morgan fingerprint density at radius 2 is 1.50 bits per heavy atom. The topological polar surface area (TPSA) is 0 Å². The molecule has 0 spiro atoms. The summed E-state index contributed by atoms with van der Waals surface area (Å²) in [4.78, 5) is 0. The molecule has 0 rings (SSSR count). The van der Waals surface area contributed by atoms with Crippen LogP contribution in [-0.4, -0.2) is 11.0 Å². The summed E-state index contributed by atoms with van der Waals surface area (Å²) in [6.07, 6.45) is 0. The first-order valence-corrected chi connectivity index (χ1v) is 15.2. The van der Waals surface area contributed by atoms with Crippen LogP contribution in [-0.2, 0) is 12.9 Å². The Morgan fingerprint density at radius 1 is 1.33 bits per heavy atom. The second kappa shape index (κ2) is 3.79. The molecule has 0 heterocycles. The van der Waals surface area contributed by atoms with E-state index in [1.54, 1.807) is 0 Å². The first kappa shape index (κ1) is 7.84. The van der Waals surface area contributed by atoms with Crippen LogP contribution in [0.1, 0.15) is 0 Å². The van der Waals surface area contributed by atoms with E-state index >= 15 is 0 Å². The average Bonchev–Trinajstić information content (AvgIpc) is 1.36. The third-order valence-electron chi connectivity index (χ3n) is 0.378. The normalized spacial score (nSPS) is 8.00. The van der Waals surface area contributed by atoms with Crippen molar-refractivity contribution in [2.75, 3.05) is 0 Å². The van der Waals surface area contributed by atoms with Crippen molar-refractivity contribution < 1.29 is 12.9 Å². The van der Waals surface area contributed by atoms with E-state index in [1.165, 1.54) is 0 Å². The summed E-state index contributed by atoms with van der Waals surface area (Å²) in [5.41, 5.74) is 0. The summed E-state index contributed by atoms with van der Waals surface area (Å²) in [5.74, 6) is 4.44. The fourth-order valence-corrected chi connectivity index (χ4v) is 0. The molecule has 0 saturated heterocycles. The van der Waals surface area contributed by atoms with Crippen LogP contribution in [0.15, 0.2) is 0 Å². The van der Waals surface area contributed by atoms with E-state index in [4.69, 9.17) is 18.6 Å². The summed E-state index contributed by atoms with van der Waals surface area (Å²) in [5, 5.41) is 0. The van der Waals surface area contributed by atoms with Crippen molar-refractivity contribution >= 4 is 29.6 Å². The predicted molar refractivity (Wildman–Crippen MR) is 29.2 cm³/mol. The Labute approximate surface area is 53.6 Å². The zero-order valence-electron chi connectivity index (χ0n) is 3.76. The van der Waals surface area contributed by atoms with Crippen molar-refractivity contribution in [3.8, 4) is 0 Å². The molecule has 0 N–H and O–H groups in total. The molecular weight excluding hydrogens is 215 g/mol. The number of halogens is 2. The third kappa shape index (κ3) is 4.01. The Bertz CT molecular complexity index is 61.6. The summed E-state index contributed by atoms with van der Waals surface area (Å²) in [7, 11) is 10.5. The van der Waals surface area contributed by atoms with Gasteiger partial charge in [0.15, 0.2) is 0 Å². The maximum atomic E-state index is 5.62. The minimum absolute atomic E-state index is 0.765. The average molecular weight is 221 g/mol. The van der Waals surface area contributed by atoms with E-state index < -0.39 is 23.9 Å². The van der Waals surface area contributed by atoms with Gasteiger partial charge in [0, 0.05) is 0 Å². The van der Waals surface area contributed by atoms with Crippen LogP contribution in [0.25, 0.3) is 0 Å². The van der Waals surface area contributed by atoms with Crippen LogP contribution in [0, 0.1) is 0 Å². The Balaban J connectivity index is 3.68. The quantitative estimate of drug-likeness (QED) is 0.550. The first-order chi connectivity index (χ1) is 2.64. The van der Waals surface area contributed by atoms with E-state index in [-0.39, 0.29) is 0 Å². The van der Waals surface area contributed by atoms with Gasteiger partial charge in [0.1, 0.15) is 0 Å². The minimum atomic E-state index is -1.35. The first-order valence-electron chi connectivity index (χ1n) is 1.63. The summed E-state index contributed by atoms with van der Waals surface area (Å²) < 4.78 is 0. The van der Waals surface area contributed by atoms with Gasteiger partial charge in [-0.25, -0.2) is 0 Å². The Kier molecular flexibility index (Phi) is 4.95. The van der Waals surface area contributed by atoms with Gasteiger partial charge < -0.3 is 0 Å². The molecule has 0 aliphatic rings. The molecular formula is C2H6Cl2GeTi. The van der Waals surface area contributed by atoms with Gasteiger partial charge in [0.05, 0.1) is 0 Å². The molecule has 0 unspecified atom stereocenters. The van der Waals surface area contributed by atoms with Gasteiger partial charge in [0.25, 0.3) is 0 Å². The third-order valence-corrected chi connectivity index (χ3v) is 24.3. The van der Waals surface area contributed by atoms with Crippen molar-refractivity contribution in [3.63, 3.8) is 0 Å². The second-order valence-corrected chi connectivity index (χ2v) is 28.1. The maximum absolute atomic E-state index is 5.62. The molecule has 0 nitrogen and oxygen atoms in total. The second-order valence-electron chi connectivity index (χ2n) is 1.26. The van der Waals surface area contributed by atoms with E-state index in [0.717, 1.165) is 0 Å². The van der Waals surface area contributed by atoms with Crippen molar-refractivity contribution in [2.24, 2.45) is 0 Å². The SMILES string of the molecule is [CH3][Ge]([CH3])=[Ti]([Cl])[Cl]. The van der Waals surface area contributed by atoms with Crippen LogP contribution in [0.4, 0.5) is 0 Å². The van der Waals surface area contributed by atoms with Crippen LogP contribution in [0.3, 0.4) is 0 Å². The Morgan fingerprint density at radius 3 is 1.50 bits per heavy atom. The van der Waals surface area contributed by atoms with Crippen LogP contribution in [0.2, 0.25) is 11.5 Å². The van der Waals surface area contributed by atoms with E-state index in [9.17, 15) is 0 Å². The Hall–Kier alpha value is 1.84. The molecule has 0 atom stereocenters. The fraction of sp³-hybridized carbons (Fsp3) is 1.00. The van der Waals surface area contributed by atoms with E-state index in [0.29, 0.717) is 0 Å². The molecule has 0 saturated carbocycles. The number of rotatable bonds is 0. The molecule has 0 radical (unpaired) electrons. The molecule has 0 aliphatic heterocycles. The van der Waals surface area contributed by atoms with Crippen molar-refractivity contribution in [2.45, 2.75) is 11.5 Å². The van der Waals surface area contributed by atoms with Crippen molar-refractivity contribution in [3.05, 3.63) is 0 Å². The van der Waals surface area contributed by atoms with E-state index in [2.05, 4.69) is 11.5 Å². The van der Waals surface area contributed by atoms with Gasteiger partial charge in [-0.3, -0.25) is 0 Å². The predicted octanol–water partition coefficient (Wildman–Crippen LogP) is 2.16. The molecule has 0 aliphatic carbocycles. The summed E-state index contributed by atoms with van der Waals surface area (Å²) in [6, 6.07) is 0. The molecule has 4 heteroatoms. The van der Waals surface area contributed by atoms with Gasteiger partial charge in [-0.15, -0.1) is 0 Å². The zero-order chi connectivity index (χ0) is 5.15. The van der Waals surface area contributed by atoms with Gasteiger partial charge in [-0.2, -0.15) is 0 Å².